The minimum atomic E-state index is -5.63. The van der Waals surface area contributed by atoms with Crippen LogP contribution in [0.1, 0.15) is 14.6 Å². The van der Waals surface area contributed by atoms with Crippen molar-refractivity contribution >= 4 is 57.8 Å². The van der Waals surface area contributed by atoms with Gasteiger partial charge in [-0.2, -0.15) is 20.5 Å². The molecule has 0 N–H and O–H groups in total. The Hall–Kier alpha value is -3.84. The maximum absolute atomic E-state index is 12.7. The molecular formula is C22H17CuN4O15S4-3. The third-order valence-electron chi connectivity index (χ3n) is 5.23. The van der Waals surface area contributed by atoms with Crippen LogP contribution in [0.3, 0.4) is 0 Å². The van der Waals surface area contributed by atoms with Gasteiger partial charge < -0.3 is 28.7 Å². The molecule has 0 heterocycles. The summed E-state index contributed by atoms with van der Waals surface area (Å²) in [4.78, 5) is 8.01. The molecule has 3 rings (SSSR count). The van der Waals surface area contributed by atoms with Crippen LogP contribution in [0.15, 0.2) is 101 Å². The van der Waals surface area contributed by atoms with Crippen LogP contribution in [0.4, 0.5) is 11.4 Å². The van der Waals surface area contributed by atoms with Crippen LogP contribution < -0.4 is 10.2 Å². The van der Waals surface area contributed by atoms with Crippen LogP contribution in [0.5, 0.6) is 5.75 Å². The summed E-state index contributed by atoms with van der Waals surface area (Å²) in [6.07, 6.45) is 7.18. The molecule has 0 aromatic heterocycles. The zero-order valence-electron chi connectivity index (χ0n) is 25.0. The van der Waals surface area contributed by atoms with E-state index in [0.29, 0.717) is 12.1 Å². The number of nitrogens with zero attached hydrogens (tertiary/aromatic N) is 4. The second-order valence-electron chi connectivity index (χ2n) is 8.28. The Morgan fingerprint density at radius 1 is 0.848 bits per heavy atom. The van der Waals surface area contributed by atoms with E-state index in [1.54, 1.807) is 6.08 Å². The van der Waals surface area contributed by atoms with Crippen molar-refractivity contribution in [2.24, 2.45) is 20.5 Å². The molecule has 0 atom stereocenters. The molecule has 0 aliphatic heterocycles. The molecule has 1 radical (unpaired) electrons. The molecular weight excluding hydrogens is 752 g/mol. The van der Waals surface area contributed by atoms with Gasteiger partial charge in [0, 0.05) is 27.5 Å². The maximum Gasteiger partial charge on any atom is 1.00 e. The van der Waals surface area contributed by atoms with Gasteiger partial charge in [0.15, 0.2) is 9.84 Å². The van der Waals surface area contributed by atoms with E-state index in [4.69, 9.17) is 0 Å². The monoisotopic (exact) mass is 768 g/mol. The van der Waals surface area contributed by atoms with Crippen LogP contribution >= 0.6 is 0 Å². The number of carbonyl (C=O) groups is 1. The Morgan fingerprint density at radius 3 is 2.00 bits per heavy atom. The van der Waals surface area contributed by atoms with Crippen molar-refractivity contribution in [1.29, 1.82) is 0 Å². The summed E-state index contributed by atoms with van der Waals surface area (Å²) in [5, 5.41) is 38.7. The van der Waals surface area contributed by atoms with Crippen LogP contribution in [0, 0.1) is 6.42 Å². The molecule has 0 spiro atoms. The normalized spacial score (nSPS) is 15.1. The first-order chi connectivity index (χ1) is 20.7. The molecule has 24 heteroatoms. The molecule has 0 saturated heterocycles. The quantitative estimate of drug-likeness (QED) is 0.0896. The van der Waals surface area contributed by atoms with Gasteiger partial charge in [-0.25, -0.2) is 33.7 Å². The summed E-state index contributed by atoms with van der Waals surface area (Å²) in [5.74, 6) is -5.31. The molecule has 253 valence electrons. The van der Waals surface area contributed by atoms with Crippen molar-refractivity contribution < 1.29 is 87.9 Å². The van der Waals surface area contributed by atoms with Gasteiger partial charge in [-0.3, -0.25) is 4.18 Å². The van der Waals surface area contributed by atoms with Crippen molar-refractivity contribution in [1.82, 2.24) is 0 Å². The van der Waals surface area contributed by atoms with E-state index in [2.05, 4.69) is 24.6 Å². The first-order valence-corrected chi connectivity index (χ1v) is 17.2. The minimum Gasteiger partial charge on any atom is -0.870 e. The molecule has 2 aromatic carbocycles. The number of carboxylic acid groups (broad SMARTS) is 1. The number of carboxylic acids is 1. The van der Waals surface area contributed by atoms with Crippen molar-refractivity contribution in [3.05, 3.63) is 78.0 Å². The standard InChI is InChI=1S/C22H19N4O15S4.Cu/c27-20-18(11-15(12-19(20)44(35,36)37)42(30,31)9-8-41-45(38,39)40)24-26-21(13-4-2-1-3-5-13)25-23-17-7-6-14(43(32,33)34)10-16(17)22(28)29;/h1-7,10-12,27H,8-9H2,(H,28,29)(H,32,33,34)(H,35,36,37)(H,38,39,40);/q-1;/p-2. The maximum atomic E-state index is 12.7. The van der Waals surface area contributed by atoms with E-state index < -0.39 is 102 Å². The van der Waals surface area contributed by atoms with E-state index in [1.807, 2.05) is 0 Å². The average molecular weight is 769 g/mol. The zero-order valence-corrected chi connectivity index (χ0v) is 26.2. The third kappa shape index (κ3) is 10.3. The van der Waals surface area contributed by atoms with Gasteiger partial charge >= 0.3 is 4.28 Å². The van der Waals surface area contributed by atoms with E-state index in [-0.39, 0.29) is 33.0 Å². The Balaban J connectivity index is 0. The number of sulfone groups is 1. The van der Waals surface area contributed by atoms with Gasteiger partial charge in [0.05, 0.1) is 39.5 Å². The molecule has 19 nitrogen and oxygen atoms in total. The predicted molar refractivity (Wildman–Crippen MR) is 142 cm³/mol. The molecule has 0 amide bonds. The Labute approximate surface area is 276 Å². The topological polar surface area (TPSA) is 328 Å². The van der Waals surface area contributed by atoms with Gasteiger partial charge in [0.25, 0.3) is 0 Å². The van der Waals surface area contributed by atoms with E-state index >= 15 is 0 Å². The number of rotatable bonds is 12. The summed E-state index contributed by atoms with van der Waals surface area (Å²) in [6.45, 7) is -1.20. The molecule has 1 aliphatic rings. The van der Waals surface area contributed by atoms with Crippen LogP contribution in [-0.2, 0) is 61.7 Å². The predicted octanol–water partition coefficient (Wildman–Crippen LogP) is -0.0731. The Morgan fingerprint density at radius 2 is 1.48 bits per heavy atom. The molecule has 0 bridgehead atoms. The molecule has 1 aliphatic carbocycles. The average Bonchev–Trinajstić information content (AvgIpc) is 2.92. The zero-order chi connectivity index (χ0) is 33.8. The number of benzene rings is 2. The number of carbonyl (C=O) groups excluding carboxylic acids is 1. The second-order valence-corrected chi connectivity index (χ2v) is 14.2. The van der Waals surface area contributed by atoms with Crippen molar-refractivity contribution in [3.8, 4) is 5.75 Å². The molecule has 0 unspecified atom stereocenters. The fourth-order valence-electron chi connectivity index (χ4n) is 3.21. The number of aromatic carboxylic acids is 1. The Bertz CT molecular complexity index is 2160. The number of hydrogen-bond acceptors (Lipinski definition) is 19. The third-order valence-corrected chi connectivity index (χ3v) is 9.02. The Kier molecular flexibility index (Phi) is 12.3. The first-order valence-electron chi connectivity index (χ1n) is 11.4. The summed E-state index contributed by atoms with van der Waals surface area (Å²) < 4.78 is 130. The molecule has 0 saturated carbocycles. The van der Waals surface area contributed by atoms with Gasteiger partial charge in [-0.1, -0.05) is 5.75 Å². The van der Waals surface area contributed by atoms with Crippen LogP contribution in [0.25, 0.3) is 0 Å². The smallest absolute Gasteiger partial charge is 0.870 e. The number of azo groups is 2. The SMILES string of the molecule is O=C([O-])c1cc(S(=O)(=O)[O-])ccc1N=N/C(N=Nc1cc(S(=O)(=O)CCOS(=O)(=O)[O-])cc(S(=O)(=O)[O-])c1[O-])=C1/C=CC=C[CH-]1.[Cu].[H+].[H+].[H+]. The van der Waals surface area contributed by atoms with Crippen LogP contribution in [0.2, 0.25) is 0 Å². The van der Waals surface area contributed by atoms with E-state index in [9.17, 15) is 62.3 Å². The number of hydrogen-bond donors (Lipinski definition) is 0. The van der Waals surface area contributed by atoms with E-state index in [1.165, 1.54) is 24.6 Å². The fourth-order valence-corrected chi connectivity index (χ4v) is 5.91. The molecule has 46 heavy (non-hydrogen) atoms. The van der Waals surface area contributed by atoms with Crippen molar-refractivity contribution in [2.75, 3.05) is 12.4 Å². The molecule has 2 aromatic rings. The summed E-state index contributed by atoms with van der Waals surface area (Å²) in [6, 6.07) is 2.67. The van der Waals surface area contributed by atoms with Gasteiger partial charge in [0.2, 0.25) is 10.4 Å². The summed E-state index contributed by atoms with van der Waals surface area (Å²) >= 11 is 0. The van der Waals surface area contributed by atoms with Crippen molar-refractivity contribution in [3.63, 3.8) is 0 Å². The first kappa shape index (κ1) is 38.3. The summed E-state index contributed by atoms with van der Waals surface area (Å²) in [7, 11) is -20.7. The van der Waals surface area contributed by atoms with Gasteiger partial charge in [-0.05, 0) is 30.3 Å². The van der Waals surface area contributed by atoms with Crippen molar-refractivity contribution in [2.45, 2.75) is 14.7 Å². The minimum absolute atomic E-state index is 0. The second kappa shape index (κ2) is 14.7. The number of allylic oxidation sites excluding steroid dienone is 5. The summed E-state index contributed by atoms with van der Waals surface area (Å²) in [5.41, 5.74) is -2.39. The molecule has 0 fully saturated rings. The fraction of sp³-hybridized carbons (Fsp3) is 0.0909. The van der Waals surface area contributed by atoms with E-state index in [0.717, 1.165) is 12.1 Å². The van der Waals surface area contributed by atoms with Gasteiger partial charge in [0.1, 0.15) is 26.1 Å². The largest absolute Gasteiger partial charge is 1.00 e. The van der Waals surface area contributed by atoms with Gasteiger partial charge in [-0.15, -0.1) is 36.3 Å². The van der Waals surface area contributed by atoms with Crippen LogP contribution in [-0.4, -0.2) is 65.7 Å².